The number of carbonyl (C=O) groups is 2. The van der Waals surface area contributed by atoms with Crippen molar-refractivity contribution < 1.29 is 9.59 Å². The van der Waals surface area contributed by atoms with Crippen molar-refractivity contribution >= 4 is 11.8 Å². The molecule has 1 rings (SSSR count). The number of rotatable bonds is 4. The third-order valence-corrected chi connectivity index (χ3v) is 2.99. The Morgan fingerprint density at radius 1 is 1.12 bits per heavy atom. The second-order valence-corrected chi connectivity index (χ2v) is 4.27. The first-order valence-corrected chi connectivity index (χ1v) is 5.68. The van der Waals surface area contributed by atoms with Gasteiger partial charge in [0.2, 0.25) is 11.8 Å². The summed E-state index contributed by atoms with van der Waals surface area (Å²) in [5.74, 6) is -1.28. The van der Waals surface area contributed by atoms with Crippen LogP contribution in [0.3, 0.4) is 0 Å². The third-order valence-electron chi connectivity index (χ3n) is 2.99. The molecule has 0 bridgehead atoms. The minimum absolute atomic E-state index is 0.281. The molecule has 1 heterocycles. The molecule has 0 atom stereocenters. The van der Waals surface area contributed by atoms with Crippen molar-refractivity contribution in [3.8, 4) is 0 Å². The number of nitrogens with one attached hydrogen (secondary N) is 1. The normalized spacial score (nSPS) is 17.1. The summed E-state index contributed by atoms with van der Waals surface area (Å²) in [6.07, 6.45) is 1.53. The van der Waals surface area contributed by atoms with E-state index in [1.165, 1.54) is 0 Å². The number of allylic oxidation sites excluding steroid dienone is 2. The second kappa shape index (κ2) is 5.03. The van der Waals surface area contributed by atoms with Crippen LogP contribution in [0, 0.1) is 5.92 Å². The number of amides is 2. The topological polar surface area (TPSA) is 98.2 Å². The SMILES string of the molecule is CCCC1C(C(N)=O)=C(C)NC(C)=C1C(N)=O. The van der Waals surface area contributed by atoms with Crippen LogP contribution < -0.4 is 16.8 Å². The fourth-order valence-corrected chi connectivity index (χ4v) is 2.37. The molecule has 5 N–H and O–H groups in total. The van der Waals surface area contributed by atoms with E-state index >= 15 is 0 Å². The molecule has 0 fully saturated rings. The van der Waals surface area contributed by atoms with Gasteiger partial charge in [0.05, 0.1) is 0 Å². The minimum Gasteiger partial charge on any atom is -0.366 e. The van der Waals surface area contributed by atoms with E-state index in [0.29, 0.717) is 29.0 Å². The first-order valence-electron chi connectivity index (χ1n) is 5.68. The molecule has 0 saturated carbocycles. The Hall–Kier alpha value is -1.78. The number of primary amides is 2. The van der Waals surface area contributed by atoms with Crippen LogP contribution in [-0.4, -0.2) is 11.8 Å². The number of hydrogen-bond donors (Lipinski definition) is 3. The van der Waals surface area contributed by atoms with E-state index in [0.717, 1.165) is 6.42 Å². The molecule has 0 aliphatic carbocycles. The zero-order valence-electron chi connectivity index (χ0n) is 10.5. The van der Waals surface area contributed by atoms with E-state index in [1.807, 2.05) is 6.92 Å². The molecule has 5 heteroatoms. The molecule has 0 saturated heterocycles. The van der Waals surface area contributed by atoms with Gasteiger partial charge in [-0.25, -0.2) is 0 Å². The first-order chi connectivity index (χ1) is 7.90. The van der Waals surface area contributed by atoms with Crippen LogP contribution >= 0.6 is 0 Å². The van der Waals surface area contributed by atoms with Crippen molar-refractivity contribution in [1.82, 2.24) is 5.32 Å². The summed E-state index contributed by atoms with van der Waals surface area (Å²) in [5, 5.41) is 2.99. The smallest absolute Gasteiger partial charge is 0.246 e. The van der Waals surface area contributed by atoms with Gasteiger partial charge < -0.3 is 16.8 Å². The summed E-state index contributed by atoms with van der Waals surface area (Å²) in [4.78, 5) is 22.9. The molecule has 1 aliphatic heterocycles. The lowest BCUT2D eigenvalue weighted by molar-refractivity contribution is -0.115. The highest BCUT2D eigenvalue weighted by Gasteiger charge is 2.32. The highest BCUT2D eigenvalue weighted by Crippen LogP contribution is 2.32. The van der Waals surface area contributed by atoms with Gasteiger partial charge in [0.15, 0.2) is 0 Å². The van der Waals surface area contributed by atoms with Gasteiger partial charge in [0.1, 0.15) is 0 Å². The second-order valence-electron chi connectivity index (χ2n) is 4.27. The lowest BCUT2D eigenvalue weighted by Crippen LogP contribution is -2.36. The summed E-state index contributed by atoms with van der Waals surface area (Å²) in [5.41, 5.74) is 13.1. The number of carbonyl (C=O) groups excluding carboxylic acids is 2. The highest BCUT2D eigenvalue weighted by atomic mass is 16.1. The molecule has 1 aliphatic rings. The van der Waals surface area contributed by atoms with Gasteiger partial charge in [0.25, 0.3) is 0 Å². The zero-order valence-corrected chi connectivity index (χ0v) is 10.5. The molecule has 94 valence electrons. The van der Waals surface area contributed by atoms with Crippen molar-refractivity contribution in [2.45, 2.75) is 33.6 Å². The van der Waals surface area contributed by atoms with Crippen molar-refractivity contribution in [3.63, 3.8) is 0 Å². The van der Waals surface area contributed by atoms with Gasteiger partial charge in [-0.1, -0.05) is 13.3 Å². The Morgan fingerprint density at radius 2 is 1.53 bits per heavy atom. The Morgan fingerprint density at radius 3 is 1.82 bits per heavy atom. The number of hydrogen-bond acceptors (Lipinski definition) is 3. The number of dihydropyridines is 1. The van der Waals surface area contributed by atoms with Crippen LogP contribution in [0.1, 0.15) is 33.6 Å². The average molecular weight is 237 g/mol. The predicted octanol–water partition coefficient (Wildman–Crippen LogP) is 0.524. The van der Waals surface area contributed by atoms with E-state index in [2.05, 4.69) is 5.32 Å². The molecule has 17 heavy (non-hydrogen) atoms. The van der Waals surface area contributed by atoms with E-state index in [4.69, 9.17) is 11.5 Å². The van der Waals surface area contributed by atoms with Gasteiger partial charge in [0, 0.05) is 28.5 Å². The summed E-state index contributed by atoms with van der Waals surface area (Å²) in [7, 11) is 0. The van der Waals surface area contributed by atoms with Crippen LogP contribution in [0.2, 0.25) is 0 Å². The summed E-state index contributed by atoms with van der Waals surface area (Å²) in [6, 6.07) is 0. The lowest BCUT2D eigenvalue weighted by atomic mass is 9.82. The van der Waals surface area contributed by atoms with Crippen LogP contribution in [0.4, 0.5) is 0 Å². The van der Waals surface area contributed by atoms with Gasteiger partial charge in [-0.15, -0.1) is 0 Å². The molecule has 0 aromatic heterocycles. The predicted molar refractivity (Wildman–Crippen MR) is 65.3 cm³/mol. The molecule has 2 amide bonds. The Kier molecular flexibility index (Phi) is 3.93. The molecule has 0 unspecified atom stereocenters. The van der Waals surface area contributed by atoms with E-state index < -0.39 is 11.8 Å². The minimum atomic E-state index is -0.500. The van der Waals surface area contributed by atoms with Crippen LogP contribution in [0.25, 0.3) is 0 Å². The van der Waals surface area contributed by atoms with Gasteiger partial charge in [-0.05, 0) is 20.3 Å². The fraction of sp³-hybridized carbons (Fsp3) is 0.500. The molecule has 0 aromatic rings. The van der Waals surface area contributed by atoms with Gasteiger partial charge in [-0.3, -0.25) is 9.59 Å². The van der Waals surface area contributed by atoms with E-state index in [1.54, 1.807) is 13.8 Å². The summed E-state index contributed by atoms with van der Waals surface area (Å²) >= 11 is 0. The molecule has 0 radical (unpaired) electrons. The van der Waals surface area contributed by atoms with Gasteiger partial charge >= 0.3 is 0 Å². The van der Waals surface area contributed by atoms with Crippen LogP contribution in [-0.2, 0) is 9.59 Å². The largest absolute Gasteiger partial charge is 0.366 e. The molecule has 0 aromatic carbocycles. The fourth-order valence-electron chi connectivity index (χ4n) is 2.37. The van der Waals surface area contributed by atoms with Crippen molar-refractivity contribution in [1.29, 1.82) is 0 Å². The van der Waals surface area contributed by atoms with Crippen molar-refractivity contribution in [2.24, 2.45) is 17.4 Å². The zero-order chi connectivity index (χ0) is 13.2. The maximum absolute atomic E-state index is 11.5. The standard InChI is InChI=1S/C12H19N3O2/c1-4-5-8-9(11(13)16)6(2)15-7(3)10(8)12(14)17/h8,15H,4-5H2,1-3H3,(H2,13,16)(H2,14,17). The Labute approximate surface area is 101 Å². The van der Waals surface area contributed by atoms with E-state index in [-0.39, 0.29) is 5.92 Å². The van der Waals surface area contributed by atoms with Crippen LogP contribution in [0.5, 0.6) is 0 Å². The molecule has 5 nitrogen and oxygen atoms in total. The van der Waals surface area contributed by atoms with Crippen molar-refractivity contribution in [3.05, 3.63) is 22.5 Å². The Balaban J connectivity index is 3.28. The highest BCUT2D eigenvalue weighted by molar-refractivity contribution is 6.00. The summed E-state index contributed by atoms with van der Waals surface area (Å²) < 4.78 is 0. The molecular weight excluding hydrogens is 218 g/mol. The first kappa shape index (κ1) is 13.3. The van der Waals surface area contributed by atoms with E-state index in [9.17, 15) is 9.59 Å². The quantitative estimate of drug-likeness (QED) is 0.665. The molecule has 0 spiro atoms. The van der Waals surface area contributed by atoms with Crippen LogP contribution in [0.15, 0.2) is 22.5 Å². The number of nitrogens with two attached hydrogens (primary N) is 2. The maximum atomic E-state index is 11.5. The maximum Gasteiger partial charge on any atom is 0.246 e. The third kappa shape index (κ3) is 2.49. The van der Waals surface area contributed by atoms with Crippen molar-refractivity contribution in [2.75, 3.05) is 0 Å². The lowest BCUT2D eigenvalue weighted by Gasteiger charge is -2.29. The van der Waals surface area contributed by atoms with Gasteiger partial charge in [-0.2, -0.15) is 0 Å². The average Bonchev–Trinajstić information content (AvgIpc) is 2.15. The monoisotopic (exact) mass is 237 g/mol. The Bertz CT molecular complexity index is 385. The summed E-state index contributed by atoms with van der Waals surface area (Å²) in [6.45, 7) is 5.55. The molecular formula is C12H19N3O2.